The van der Waals surface area contributed by atoms with Crippen molar-refractivity contribution < 1.29 is 9.47 Å². The van der Waals surface area contributed by atoms with Crippen LogP contribution < -0.4 is 0 Å². The number of nitrogens with zero attached hydrogens (tertiary/aromatic N) is 4. The summed E-state index contributed by atoms with van der Waals surface area (Å²) in [5, 5.41) is 17.1. The van der Waals surface area contributed by atoms with Gasteiger partial charge >= 0.3 is 0 Å². The van der Waals surface area contributed by atoms with E-state index >= 15 is 0 Å². The highest BCUT2D eigenvalue weighted by Gasteiger charge is 2.21. The summed E-state index contributed by atoms with van der Waals surface area (Å²) < 4.78 is 12.4. The fraction of sp³-hybridized carbons (Fsp3) is 0.308. The van der Waals surface area contributed by atoms with E-state index in [1.54, 1.807) is 16.9 Å². The lowest BCUT2D eigenvalue weighted by Crippen LogP contribution is -2.02. The minimum absolute atomic E-state index is 0.417. The fourth-order valence-electron chi connectivity index (χ4n) is 1.97. The molecule has 0 spiro atoms. The number of rotatable bonds is 3. The van der Waals surface area contributed by atoms with Gasteiger partial charge in [0.1, 0.15) is 5.69 Å². The van der Waals surface area contributed by atoms with Crippen LogP contribution in [0.1, 0.15) is 23.1 Å². The van der Waals surface area contributed by atoms with Crippen LogP contribution in [-0.2, 0) is 16.0 Å². The van der Waals surface area contributed by atoms with E-state index in [9.17, 15) is 0 Å². The van der Waals surface area contributed by atoms with Crippen molar-refractivity contribution >= 4 is 0 Å². The lowest BCUT2D eigenvalue weighted by molar-refractivity contribution is -0.0473. The first-order valence-corrected chi connectivity index (χ1v) is 5.98. The molecule has 6 nitrogen and oxygen atoms in total. The molecular formula is C13H12N4O2. The van der Waals surface area contributed by atoms with E-state index < -0.39 is 6.29 Å². The molecule has 1 aromatic carbocycles. The van der Waals surface area contributed by atoms with E-state index in [1.807, 2.05) is 18.2 Å². The van der Waals surface area contributed by atoms with E-state index in [0.717, 1.165) is 5.56 Å². The van der Waals surface area contributed by atoms with E-state index in [-0.39, 0.29) is 0 Å². The van der Waals surface area contributed by atoms with Crippen LogP contribution >= 0.6 is 0 Å². The van der Waals surface area contributed by atoms with Crippen LogP contribution in [0.15, 0.2) is 30.5 Å². The maximum absolute atomic E-state index is 9.04. The van der Waals surface area contributed by atoms with Crippen molar-refractivity contribution in [2.24, 2.45) is 0 Å². The Bertz CT molecular complexity index is 611. The molecule has 0 atom stereocenters. The minimum Gasteiger partial charge on any atom is -0.345 e. The molecule has 0 N–H and O–H groups in total. The molecule has 1 aromatic heterocycles. The zero-order valence-corrected chi connectivity index (χ0v) is 10.2. The van der Waals surface area contributed by atoms with Gasteiger partial charge in [-0.1, -0.05) is 23.4 Å². The van der Waals surface area contributed by atoms with Crippen molar-refractivity contribution in [1.29, 1.82) is 5.26 Å². The predicted octanol–water partition coefficient (Wildman–Crippen LogP) is 1.24. The number of hydrogen-bond acceptors (Lipinski definition) is 5. The first-order valence-electron chi connectivity index (χ1n) is 5.98. The molecule has 0 amide bonds. The second kappa shape index (κ2) is 5.18. The van der Waals surface area contributed by atoms with E-state index in [0.29, 0.717) is 31.0 Å². The summed E-state index contributed by atoms with van der Waals surface area (Å²) in [4.78, 5) is 0. The Morgan fingerprint density at radius 3 is 2.89 bits per heavy atom. The summed E-state index contributed by atoms with van der Waals surface area (Å²) in [6, 6.07) is 9.60. The lowest BCUT2D eigenvalue weighted by Gasteiger charge is -2.04. The van der Waals surface area contributed by atoms with Crippen molar-refractivity contribution in [2.75, 3.05) is 13.2 Å². The van der Waals surface area contributed by atoms with Gasteiger partial charge in [-0.25, -0.2) is 4.68 Å². The van der Waals surface area contributed by atoms with Gasteiger partial charge in [0.05, 0.1) is 37.6 Å². The standard InChI is InChI=1S/C13H12N4O2/c14-7-10-3-1-2-4-11(10)8-17-9-12(15-16-17)13-18-5-6-19-13/h1-4,9,13H,5-6,8H2. The van der Waals surface area contributed by atoms with Gasteiger partial charge in [-0.2, -0.15) is 5.26 Å². The highest BCUT2D eigenvalue weighted by atomic mass is 16.7. The molecule has 2 heterocycles. The largest absolute Gasteiger partial charge is 0.345 e. The van der Waals surface area contributed by atoms with Gasteiger partial charge in [-0.05, 0) is 11.6 Å². The average molecular weight is 256 g/mol. The lowest BCUT2D eigenvalue weighted by atomic mass is 10.1. The number of nitriles is 1. The zero-order chi connectivity index (χ0) is 13.1. The summed E-state index contributed by atoms with van der Waals surface area (Å²) in [5.74, 6) is 0. The van der Waals surface area contributed by atoms with Crippen LogP contribution in [0.4, 0.5) is 0 Å². The van der Waals surface area contributed by atoms with Crippen molar-refractivity contribution in [1.82, 2.24) is 15.0 Å². The number of ether oxygens (including phenoxy) is 2. The highest BCUT2D eigenvalue weighted by molar-refractivity contribution is 5.37. The molecule has 0 aliphatic carbocycles. The molecule has 0 bridgehead atoms. The van der Waals surface area contributed by atoms with E-state index in [1.165, 1.54) is 0 Å². The van der Waals surface area contributed by atoms with Gasteiger partial charge in [-0.15, -0.1) is 5.10 Å². The van der Waals surface area contributed by atoms with Crippen LogP contribution in [0.2, 0.25) is 0 Å². The second-order valence-corrected chi connectivity index (χ2v) is 4.18. The first-order chi connectivity index (χ1) is 9.36. The molecule has 1 aliphatic rings. The van der Waals surface area contributed by atoms with Crippen molar-refractivity contribution in [2.45, 2.75) is 12.8 Å². The second-order valence-electron chi connectivity index (χ2n) is 4.18. The Balaban J connectivity index is 1.78. The molecule has 19 heavy (non-hydrogen) atoms. The number of benzene rings is 1. The third-order valence-corrected chi connectivity index (χ3v) is 2.89. The molecule has 1 aliphatic heterocycles. The molecule has 1 fully saturated rings. The van der Waals surface area contributed by atoms with Gasteiger partial charge in [-0.3, -0.25) is 0 Å². The van der Waals surface area contributed by atoms with Crippen molar-refractivity contribution in [3.63, 3.8) is 0 Å². The maximum Gasteiger partial charge on any atom is 0.204 e. The number of hydrogen-bond donors (Lipinski definition) is 0. The van der Waals surface area contributed by atoms with Crippen molar-refractivity contribution in [3.8, 4) is 6.07 Å². The Morgan fingerprint density at radius 1 is 1.32 bits per heavy atom. The molecule has 0 radical (unpaired) electrons. The highest BCUT2D eigenvalue weighted by Crippen LogP contribution is 2.20. The summed E-state index contributed by atoms with van der Waals surface area (Å²) in [7, 11) is 0. The molecular weight excluding hydrogens is 244 g/mol. The quantitative estimate of drug-likeness (QED) is 0.826. The first kappa shape index (κ1) is 11.8. The Hall–Kier alpha value is -2.23. The monoisotopic (exact) mass is 256 g/mol. The Labute approximate surface area is 110 Å². The Morgan fingerprint density at radius 2 is 2.11 bits per heavy atom. The topological polar surface area (TPSA) is 73.0 Å². The van der Waals surface area contributed by atoms with E-state index in [2.05, 4.69) is 16.4 Å². The predicted molar refractivity (Wildman–Crippen MR) is 64.9 cm³/mol. The van der Waals surface area contributed by atoms with Crippen LogP contribution in [0.3, 0.4) is 0 Å². The SMILES string of the molecule is N#Cc1ccccc1Cn1cc(C2OCCO2)nn1. The van der Waals surface area contributed by atoms with Gasteiger partial charge in [0.25, 0.3) is 0 Å². The van der Waals surface area contributed by atoms with Crippen LogP contribution in [0.5, 0.6) is 0 Å². The normalized spacial score (nSPS) is 15.5. The summed E-state index contributed by atoms with van der Waals surface area (Å²) in [6.45, 7) is 1.66. The van der Waals surface area contributed by atoms with Gasteiger partial charge in [0.2, 0.25) is 6.29 Å². The molecule has 6 heteroatoms. The van der Waals surface area contributed by atoms with Gasteiger partial charge in [0.15, 0.2) is 0 Å². The molecule has 0 unspecified atom stereocenters. The third-order valence-electron chi connectivity index (χ3n) is 2.89. The van der Waals surface area contributed by atoms with Crippen molar-refractivity contribution in [3.05, 3.63) is 47.3 Å². The summed E-state index contributed by atoms with van der Waals surface area (Å²) >= 11 is 0. The minimum atomic E-state index is -0.417. The number of aromatic nitrogens is 3. The molecule has 1 saturated heterocycles. The zero-order valence-electron chi connectivity index (χ0n) is 10.2. The smallest absolute Gasteiger partial charge is 0.204 e. The fourth-order valence-corrected chi connectivity index (χ4v) is 1.97. The maximum atomic E-state index is 9.04. The van der Waals surface area contributed by atoms with Crippen LogP contribution in [0, 0.1) is 11.3 Å². The summed E-state index contributed by atoms with van der Waals surface area (Å²) in [5.41, 5.74) is 2.22. The third kappa shape index (κ3) is 2.47. The van der Waals surface area contributed by atoms with Crippen LogP contribution in [-0.4, -0.2) is 28.2 Å². The van der Waals surface area contributed by atoms with Gasteiger partial charge in [0, 0.05) is 0 Å². The van der Waals surface area contributed by atoms with Crippen LogP contribution in [0.25, 0.3) is 0 Å². The molecule has 96 valence electrons. The Kier molecular flexibility index (Phi) is 3.23. The summed E-state index contributed by atoms with van der Waals surface area (Å²) in [6.07, 6.45) is 1.37. The average Bonchev–Trinajstić information content (AvgIpc) is 3.09. The molecule has 0 saturated carbocycles. The van der Waals surface area contributed by atoms with Gasteiger partial charge < -0.3 is 9.47 Å². The van der Waals surface area contributed by atoms with E-state index in [4.69, 9.17) is 14.7 Å². The molecule has 3 rings (SSSR count). The molecule has 2 aromatic rings.